The fraction of sp³-hybridized carbons (Fsp3) is 1.00. The van der Waals surface area contributed by atoms with Crippen LogP contribution < -0.4 is 5.32 Å². The Hall–Kier alpha value is 0.270. The van der Waals surface area contributed by atoms with Crippen molar-refractivity contribution in [2.75, 3.05) is 31.1 Å². The summed E-state index contributed by atoms with van der Waals surface area (Å²) < 4.78 is 0. The van der Waals surface area contributed by atoms with Crippen molar-refractivity contribution in [1.29, 1.82) is 0 Å². The van der Waals surface area contributed by atoms with Gasteiger partial charge >= 0.3 is 0 Å². The Bertz CT molecular complexity index is 226. The molecular formula is C14H28N2S. The monoisotopic (exact) mass is 256 g/mol. The van der Waals surface area contributed by atoms with E-state index in [9.17, 15) is 0 Å². The fourth-order valence-corrected chi connectivity index (χ4v) is 3.94. The van der Waals surface area contributed by atoms with E-state index in [0.29, 0.717) is 5.54 Å². The van der Waals surface area contributed by atoms with Crippen molar-refractivity contribution in [3.63, 3.8) is 0 Å². The molecule has 2 fully saturated rings. The smallest absolute Gasteiger partial charge is 0.0309 e. The molecule has 0 bridgehead atoms. The molecular weight excluding hydrogens is 228 g/mol. The first-order valence-electron chi connectivity index (χ1n) is 7.32. The van der Waals surface area contributed by atoms with Gasteiger partial charge in [-0.2, -0.15) is 11.8 Å². The standard InChI is InChI=1S/C14H28N2S/c1-3-17-10-9-16-12-14(15-11-13(16)2)7-5-4-6-8-14/h13,15H,3-12H2,1-2H3. The highest BCUT2D eigenvalue weighted by atomic mass is 32.2. The van der Waals surface area contributed by atoms with Gasteiger partial charge in [0.05, 0.1) is 0 Å². The first kappa shape index (κ1) is 13.7. The lowest BCUT2D eigenvalue weighted by Crippen LogP contribution is -2.64. The van der Waals surface area contributed by atoms with Crippen LogP contribution in [0, 0.1) is 0 Å². The van der Waals surface area contributed by atoms with Crippen LogP contribution in [0.3, 0.4) is 0 Å². The molecule has 1 aliphatic carbocycles. The van der Waals surface area contributed by atoms with Gasteiger partial charge in [-0.1, -0.05) is 26.2 Å². The first-order valence-corrected chi connectivity index (χ1v) is 8.48. The molecule has 100 valence electrons. The summed E-state index contributed by atoms with van der Waals surface area (Å²) in [7, 11) is 0. The lowest BCUT2D eigenvalue weighted by atomic mass is 9.79. The summed E-state index contributed by atoms with van der Waals surface area (Å²) in [6.45, 7) is 8.39. The molecule has 2 nitrogen and oxygen atoms in total. The average molecular weight is 256 g/mol. The summed E-state index contributed by atoms with van der Waals surface area (Å²) in [5.74, 6) is 2.56. The van der Waals surface area contributed by atoms with Crippen molar-refractivity contribution in [1.82, 2.24) is 10.2 Å². The van der Waals surface area contributed by atoms with Crippen LogP contribution in [-0.2, 0) is 0 Å². The zero-order valence-corrected chi connectivity index (χ0v) is 12.3. The highest BCUT2D eigenvalue weighted by molar-refractivity contribution is 7.99. The fourth-order valence-electron chi connectivity index (χ4n) is 3.28. The number of nitrogens with zero attached hydrogens (tertiary/aromatic N) is 1. The van der Waals surface area contributed by atoms with Gasteiger partial charge in [0.25, 0.3) is 0 Å². The maximum Gasteiger partial charge on any atom is 0.0309 e. The topological polar surface area (TPSA) is 15.3 Å². The van der Waals surface area contributed by atoms with Gasteiger partial charge in [-0.25, -0.2) is 0 Å². The van der Waals surface area contributed by atoms with Gasteiger partial charge in [0.2, 0.25) is 0 Å². The van der Waals surface area contributed by atoms with Gasteiger partial charge < -0.3 is 5.32 Å². The SMILES string of the molecule is CCSCCN1CC2(CCCCC2)NCC1C. The van der Waals surface area contributed by atoms with E-state index < -0.39 is 0 Å². The maximum absolute atomic E-state index is 3.86. The van der Waals surface area contributed by atoms with Crippen LogP contribution in [0.15, 0.2) is 0 Å². The molecule has 1 aliphatic heterocycles. The third-order valence-electron chi connectivity index (χ3n) is 4.44. The van der Waals surface area contributed by atoms with E-state index >= 15 is 0 Å². The molecule has 1 spiro atoms. The molecule has 0 aromatic rings. The number of hydrogen-bond donors (Lipinski definition) is 1. The predicted octanol–water partition coefficient (Wildman–Crippen LogP) is 2.74. The van der Waals surface area contributed by atoms with Crippen molar-refractivity contribution in [3.05, 3.63) is 0 Å². The van der Waals surface area contributed by atoms with Crippen LogP contribution >= 0.6 is 11.8 Å². The van der Waals surface area contributed by atoms with Crippen molar-refractivity contribution in [2.24, 2.45) is 0 Å². The Labute approximate surface area is 111 Å². The predicted molar refractivity (Wildman–Crippen MR) is 77.9 cm³/mol. The Morgan fingerprint density at radius 3 is 2.76 bits per heavy atom. The van der Waals surface area contributed by atoms with Crippen molar-refractivity contribution < 1.29 is 0 Å². The van der Waals surface area contributed by atoms with Crippen LogP contribution in [0.1, 0.15) is 46.0 Å². The number of nitrogens with one attached hydrogen (secondary N) is 1. The molecule has 1 atom stereocenters. The second-order valence-corrected chi connectivity index (χ2v) is 7.13. The van der Waals surface area contributed by atoms with Crippen molar-refractivity contribution >= 4 is 11.8 Å². The minimum atomic E-state index is 0.474. The Morgan fingerprint density at radius 1 is 1.29 bits per heavy atom. The molecule has 1 N–H and O–H groups in total. The molecule has 0 amide bonds. The number of rotatable bonds is 4. The summed E-state index contributed by atoms with van der Waals surface area (Å²) in [5.41, 5.74) is 0.474. The molecule has 2 rings (SSSR count). The van der Waals surface area contributed by atoms with Gasteiger partial charge in [0, 0.05) is 37.0 Å². The number of thioether (sulfide) groups is 1. The summed E-state index contributed by atoms with van der Waals surface area (Å²) in [6, 6.07) is 0.722. The van der Waals surface area contributed by atoms with E-state index in [1.165, 1.54) is 63.2 Å². The zero-order valence-electron chi connectivity index (χ0n) is 11.5. The zero-order chi connectivity index (χ0) is 12.1. The second kappa shape index (κ2) is 6.44. The normalized spacial score (nSPS) is 29.6. The Balaban J connectivity index is 1.86. The summed E-state index contributed by atoms with van der Waals surface area (Å²) >= 11 is 2.08. The minimum Gasteiger partial charge on any atom is -0.308 e. The molecule has 1 unspecified atom stereocenters. The van der Waals surface area contributed by atoms with Gasteiger partial charge in [-0.15, -0.1) is 0 Å². The van der Waals surface area contributed by atoms with Gasteiger partial charge in [-0.3, -0.25) is 4.90 Å². The molecule has 17 heavy (non-hydrogen) atoms. The van der Waals surface area contributed by atoms with E-state index in [4.69, 9.17) is 0 Å². The summed E-state index contributed by atoms with van der Waals surface area (Å²) in [6.07, 6.45) is 7.11. The highest BCUT2D eigenvalue weighted by Crippen LogP contribution is 2.31. The first-order chi connectivity index (χ1) is 8.26. The van der Waals surface area contributed by atoms with E-state index in [0.717, 1.165) is 6.04 Å². The van der Waals surface area contributed by atoms with Crippen LogP contribution in [0.2, 0.25) is 0 Å². The summed E-state index contributed by atoms with van der Waals surface area (Å²) in [4.78, 5) is 2.73. The molecule has 0 aromatic carbocycles. The van der Waals surface area contributed by atoms with Crippen LogP contribution in [0.5, 0.6) is 0 Å². The van der Waals surface area contributed by atoms with E-state index in [2.05, 4.69) is 35.8 Å². The van der Waals surface area contributed by atoms with Crippen molar-refractivity contribution in [3.8, 4) is 0 Å². The third-order valence-corrected chi connectivity index (χ3v) is 5.32. The highest BCUT2D eigenvalue weighted by Gasteiger charge is 2.38. The summed E-state index contributed by atoms with van der Waals surface area (Å²) in [5, 5.41) is 3.86. The molecule has 1 saturated carbocycles. The van der Waals surface area contributed by atoms with Gasteiger partial charge in [-0.05, 0) is 25.5 Å². The average Bonchev–Trinajstić information content (AvgIpc) is 2.35. The molecule has 2 aliphatic rings. The lowest BCUT2D eigenvalue weighted by molar-refractivity contribution is 0.0679. The van der Waals surface area contributed by atoms with Crippen LogP contribution in [0.25, 0.3) is 0 Å². The molecule has 3 heteroatoms. The quantitative estimate of drug-likeness (QED) is 0.779. The molecule has 1 heterocycles. The number of piperazine rings is 1. The lowest BCUT2D eigenvalue weighted by Gasteiger charge is -2.49. The van der Waals surface area contributed by atoms with Crippen LogP contribution in [0.4, 0.5) is 0 Å². The third kappa shape index (κ3) is 3.62. The molecule has 0 radical (unpaired) electrons. The van der Waals surface area contributed by atoms with Crippen molar-refractivity contribution in [2.45, 2.75) is 57.5 Å². The molecule has 0 aromatic heterocycles. The number of hydrogen-bond acceptors (Lipinski definition) is 3. The minimum absolute atomic E-state index is 0.474. The van der Waals surface area contributed by atoms with Gasteiger partial charge in [0.15, 0.2) is 0 Å². The Morgan fingerprint density at radius 2 is 2.06 bits per heavy atom. The van der Waals surface area contributed by atoms with Crippen LogP contribution in [-0.4, -0.2) is 47.6 Å². The maximum atomic E-state index is 3.86. The van der Waals surface area contributed by atoms with Gasteiger partial charge in [0.1, 0.15) is 0 Å². The molecule has 1 saturated heterocycles. The van der Waals surface area contributed by atoms with E-state index in [-0.39, 0.29) is 0 Å². The largest absolute Gasteiger partial charge is 0.308 e. The second-order valence-electron chi connectivity index (χ2n) is 5.74. The Kier molecular flexibility index (Phi) is 5.19. The van der Waals surface area contributed by atoms with E-state index in [1.54, 1.807) is 0 Å². The van der Waals surface area contributed by atoms with E-state index in [1.807, 2.05) is 0 Å².